The minimum atomic E-state index is -1.51. The molecule has 1 fully saturated rings. The molecule has 1 aliphatic carbocycles. The van der Waals surface area contributed by atoms with Gasteiger partial charge in [0.2, 0.25) is 0 Å². The minimum absolute atomic E-state index is 0.450. The summed E-state index contributed by atoms with van der Waals surface area (Å²) in [5, 5.41) is 39.3. The summed E-state index contributed by atoms with van der Waals surface area (Å²) in [5.41, 5.74) is 1.35. The van der Waals surface area contributed by atoms with Gasteiger partial charge in [-0.15, -0.1) is 0 Å². The first-order chi connectivity index (χ1) is 10.8. The van der Waals surface area contributed by atoms with Crippen molar-refractivity contribution < 1.29 is 29.9 Å². The van der Waals surface area contributed by atoms with Gasteiger partial charge in [0.1, 0.15) is 24.4 Å². The molecular formula is C14H15BrClNO6. The molecule has 2 aliphatic heterocycles. The number of aliphatic imine (C=N–C) groups is 1. The highest BCUT2D eigenvalue weighted by Gasteiger charge is 2.46. The van der Waals surface area contributed by atoms with E-state index in [9.17, 15) is 20.4 Å². The monoisotopic (exact) mass is 407 g/mol. The van der Waals surface area contributed by atoms with Crippen LogP contribution in [0.3, 0.4) is 0 Å². The van der Waals surface area contributed by atoms with Crippen LogP contribution < -0.4 is 0 Å². The number of nitrogens with zero attached hydrogens (tertiary/aromatic N) is 1. The number of aliphatic hydroxyl groups excluding tert-OH is 4. The van der Waals surface area contributed by atoms with Crippen LogP contribution in [0.1, 0.15) is 0 Å². The van der Waals surface area contributed by atoms with Crippen LogP contribution in [0.4, 0.5) is 0 Å². The number of hydrogen-bond donors (Lipinski definition) is 4. The highest BCUT2D eigenvalue weighted by atomic mass is 79.9. The van der Waals surface area contributed by atoms with E-state index in [0.29, 0.717) is 16.3 Å². The average Bonchev–Trinajstić information content (AvgIpc) is 2.88. The first-order valence-corrected chi connectivity index (χ1v) is 8.05. The molecule has 0 aromatic carbocycles. The summed E-state index contributed by atoms with van der Waals surface area (Å²) in [4.78, 5) is 4.12. The van der Waals surface area contributed by atoms with Gasteiger partial charge in [-0.25, -0.2) is 0 Å². The van der Waals surface area contributed by atoms with Gasteiger partial charge in [0.25, 0.3) is 0 Å². The quantitative estimate of drug-likeness (QED) is 0.486. The standard InChI is InChI=1S/C14H15BrClNO6/c15-14(2-1-8-6(3-14)7(16)4-17-8)23-13-12(21)11(20)10(19)9(5-18)22-13/h1-4,9-13,18-21H,5H2/t9-,10-,11+,12-,13+,14?/m1/s1. The van der Waals surface area contributed by atoms with Crippen LogP contribution in [0.15, 0.2) is 40.0 Å². The van der Waals surface area contributed by atoms with Crippen LogP contribution in [-0.2, 0) is 9.47 Å². The van der Waals surface area contributed by atoms with Crippen LogP contribution in [-0.4, -0.2) is 68.0 Å². The van der Waals surface area contributed by atoms with Gasteiger partial charge in [0, 0.05) is 11.8 Å². The second-order valence-corrected chi connectivity index (χ2v) is 7.04. The van der Waals surface area contributed by atoms with Crippen LogP contribution in [0.5, 0.6) is 0 Å². The molecule has 3 aliphatic rings. The van der Waals surface area contributed by atoms with E-state index >= 15 is 0 Å². The summed E-state index contributed by atoms with van der Waals surface area (Å²) in [6, 6.07) is 0. The fourth-order valence-corrected chi connectivity index (χ4v) is 3.26. The number of alkyl halides is 1. The number of fused-ring (bicyclic) bond motifs is 1. The summed E-state index contributed by atoms with van der Waals surface area (Å²) in [5.74, 6) is 0. The van der Waals surface area contributed by atoms with Crippen LogP contribution >= 0.6 is 27.5 Å². The average molecular weight is 409 g/mol. The fraction of sp³-hybridized carbons (Fsp3) is 0.500. The number of aliphatic hydroxyl groups is 4. The molecule has 6 atom stereocenters. The Balaban J connectivity index is 1.80. The maximum Gasteiger partial charge on any atom is 0.189 e. The van der Waals surface area contributed by atoms with E-state index < -0.39 is 41.8 Å². The van der Waals surface area contributed by atoms with Crippen LogP contribution in [0, 0.1) is 0 Å². The van der Waals surface area contributed by atoms with Crippen molar-refractivity contribution in [3.05, 3.63) is 35.0 Å². The van der Waals surface area contributed by atoms with Crippen molar-refractivity contribution in [1.29, 1.82) is 0 Å². The van der Waals surface area contributed by atoms with Gasteiger partial charge in [-0.05, 0) is 34.2 Å². The maximum atomic E-state index is 10.0. The molecular weight excluding hydrogens is 394 g/mol. The Morgan fingerprint density at radius 3 is 2.74 bits per heavy atom. The molecule has 0 saturated carbocycles. The Labute approximate surface area is 145 Å². The molecule has 0 aromatic heterocycles. The summed E-state index contributed by atoms with van der Waals surface area (Å²) in [6.07, 6.45) is -0.241. The van der Waals surface area contributed by atoms with Gasteiger partial charge in [-0.3, -0.25) is 4.99 Å². The summed E-state index contributed by atoms with van der Waals surface area (Å²) in [6.45, 7) is -0.525. The van der Waals surface area contributed by atoms with Gasteiger partial charge in [-0.2, -0.15) is 0 Å². The number of hydrogen-bond acceptors (Lipinski definition) is 7. The zero-order valence-electron chi connectivity index (χ0n) is 11.7. The number of allylic oxidation sites excluding steroid dienone is 3. The lowest BCUT2D eigenvalue weighted by molar-refractivity contribution is -0.307. The normalized spacial score (nSPS) is 42.9. The highest BCUT2D eigenvalue weighted by molar-refractivity contribution is 9.10. The molecule has 4 N–H and O–H groups in total. The molecule has 9 heteroatoms. The van der Waals surface area contributed by atoms with Gasteiger partial charge in [0.05, 0.1) is 17.4 Å². The van der Waals surface area contributed by atoms with Gasteiger partial charge in [-0.1, -0.05) is 11.6 Å². The Morgan fingerprint density at radius 1 is 1.30 bits per heavy atom. The Morgan fingerprint density at radius 2 is 2.04 bits per heavy atom. The van der Waals surface area contributed by atoms with Crippen molar-refractivity contribution >= 4 is 33.2 Å². The van der Waals surface area contributed by atoms with Crippen molar-refractivity contribution in [3.8, 4) is 0 Å². The van der Waals surface area contributed by atoms with E-state index in [2.05, 4.69) is 20.9 Å². The summed E-state index contributed by atoms with van der Waals surface area (Å²) < 4.78 is 9.89. The molecule has 7 nitrogen and oxygen atoms in total. The zero-order valence-corrected chi connectivity index (χ0v) is 14.1. The molecule has 0 aromatic rings. The number of rotatable bonds is 3. The molecule has 0 amide bonds. The van der Waals surface area contributed by atoms with Crippen molar-refractivity contribution in [2.45, 2.75) is 35.2 Å². The molecule has 0 spiro atoms. The molecule has 0 bridgehead atoms. The SMILES string of the molecule is OC[C@H]1O[C@@H](OC2(Br)C=CC3=NC=C(Cl)C3=C2)[C@H](O)[C@@H](O)[C@@H]1O. The molecule has 2 heterocycles. The largest absolute Gasteiger partial charge is 0.394 e. The fourth-order valence-electron chi connectivity index (χ4n) is 2.52. The number of halogens is 2. The third-order valence-corrected chi connectivity index (χ3v) is 4.79. The molecule has 1 saturated heterocycles. The summed E-state index contributed by atoms with van der Waals surface area (Å²) in [7, 11) is 0. The molecule has 126 valence electrons. The van der Waals surface area contributed by atoms with E-state index in [1.165, 1.54) is 6.20 Å². The van der Waals surface area contributed by atoms with E-state index in [1.54, 1.807) is 18.2 Å². The van der Waals surface area contributed by atoms with E-state index in [4.69, 9.17) is 21.1 Å². The van der Waals surface area contributed by atoms with Crippen molar-refractivity contribution in [1.82, 2.24) is 0 Å². The molecule has 3 rings (SSSR count). The Bertz CT molecular complexity index is 618. The predicted octanol–water partition coefficient (Wildman–Crippen LogP) is -0.0749. The lowest BCUT2D eigenvalue weighted by atomic mass is 9.99. The zero-order chi connectivity index (χ0) is 16.8. The number of ether oxygens (including phenoxy) is 2. The van der Waals surface area contributed by atoms with E-state index in [-0.39, 0.29) is 0 Å². The Hall–Kier alpha value is -0.580. The minimum Gasteiger partial charge on any atom is -0.394 e. The second-order valence-electron chi connectivity index (χ2n) is 5.40. The van der Waals surface area contributed by atoms with E-state index in [0.717, 1.165) is 0 Å². The summed E-state index contributed by atoms with van der Waals surface area (Å²) >= 11 is 9.43. The molecule has 0 radical (unpaired) electrons. The predicted molar refractivity (Wildman–Crippen MR) is 85.1 cm³/mol. The lowest BCUT2D eigenvalue weighted by Gasteiger charge is -2.42. The Kier molecular flexibility index (Phi) is 4.78. The van der Waals surface area contributed by atoms with Crippen molar-refractivity contribution in [2.24, 2.45) is 4.99 Å². The highest BCUT2D eigenvalue weighted by Crippen LogP contribution is 2.37. The molecule has 23 heavy (non-hydrogen) atoms. The lowest BCUT2D eigenvalue weighted by Crippen LogP contribution is -2.60. The third kappa shape index (κ3) is 3.18. The van der Waals surface area contributed by atoms with E-state index in [1.807, 2.05) is 0 Å². The van der Waals surface area contributed by atoms with Crippen molar-refractivity contribution in [2.75, 3.05) is 6.61 Å². The topological polar surface area (TPSA) is 112 Å². The third-order valence-electron chi connectivity index (χ3n) is 3.81. The van der Waals surface area contributed by atoms with Gasteiger partial charge < -0.3 is 29.9 Å². The van der Waals surface area contributed by atoms with Gasteiger partial charge in [0.15, 0.2) is 10.8 Å². The first kappa shape index (κ1) is 17.2. The van der Waals surface area contributed by atoms with Crippen LogP contribution in [0.25, 0.3) is 0 Å². The molecule has 1 unspecified atom stereocenters. The smallest absolute Gasteiger partial charge is 0.189 e. The van der Waals surface area contributed by atoms with Gasteiger partial charge >= 0.3 is 0 Å². The first-order valence-electron chi connectivity index (χ1n) is 6.88. The van der Waals surface area contributed by atoms with Crippen molar-refractivity contribution in [3.63, 3.8) is 0 Å². The maximum absolute atomic E-state index is 10.0. The second kappa shape index (κ2) is 6.38. The van der Waals surface area contributed by atoms with Crippen LogP contribution in [0.2, 0.25) is 0 Å².